The third kappa shape index (κ3) is 3.36. The number of carboxylic acid groups (broad SMARTS) is 1. The fourth-order valence-electron chi connectivity index (χ4n) is 2.76. The number of amides is 1. The highest BCUT2D eigenvalue weighted by molar-refractivity contribution is 6.31. The molecule has 0 bridgehead atoms. The van der Waals surface area contributed by atoms with E-state index < -0.39 is 17.9 Å². The van der Waals surface area contributed by atoms with Crippen molar-refractivity contribution in [2.45, 2.75) is 18.9 Å². The third-order valence-corrected chi connectivity index (χ3v) is 4.13. The SMILES string of the molecule is COCCN1C(=O)CC[C@H](C(=O)O)[C@H]1c1ccccc1Cl. The first kappa shape index (κ1) is 15.8. The van der Waals surface area contributed by atoms with Gasteiger partial charge in [-0.3, -0.25) is 9.59 Å². The van der Waals surface area contributed by atoms with Crippen molar-refractivity contribution in [1.29, 1.82) is 0 Å². The number of nitrogens with zero attached hydrogens (tertiary/aromatic N) is 1. The second-order valence-electron chi connectivity index (χ2n) is 5.03. The summed E-state index contributed by atoms with van der Waals surface area (Å²) in [6.45, 7) is 0.716. The maximum atomic E-state index is 12.2. The lowest BCUT2D eigenvalue weighted by Crippen LogP contribution is -2.46. The maximum absolute atomic E-state index is 12.2. The molecule has 2 atom stereocenters. The molecule has 0 spiro atoms. The number of aliphatic carboxylic acids is 1. The number of likely N-dealkylation sites (tertiary alicyclic amines) is 1. The number of carboxylic acids is 1. The summed E-state index contributed by atoms with van der Waals surface area (Å²) in [5, 5.41) is 9.96. The Bertz CT molecular complexity index is 534. The van der Waals surface area contributed by atoms with E-state index in [-0.39, 0.29) is 12.3 Å². The number of carbonyl (C=O) groups is 2. The van der Waals surface area contributed by atoms with Crippen LogP contribution in [-0.2, 0) is 14.3 Å². The van der Waals surface area contributed by atoms with Crippen LogP contribution in [0.4, 0.5) is 0 Å². The Kier molecular flexibility index (Phi) is 5.20. The average molecular weight is 312 g/mol. The van der Waals surface area contributed by atoms with E-state index in [1.54, 1.807) is 36.3 Å². The van der Waals surface area contributed by atoms with E-state index in [0.29, 0.717) is 30.2 Å². The van der Waals surface area contributed by atoms with Gasteiger partial charge in [0.05, 0.1) is 18.6 Å². The predicted octanol–water partition coefficient (Wildman–Crippen LogP) is 2.35. The van der Waals surface area contributed by atoms with Gasteiger partial charge in [-0.1, -0.05) is 29.8 Å². The molecule has 2 rings (SSSR count). The summed E-state index contributed by atoms with van der Waals surface area (Å²) in [6, 6.07) is 6.53. The van der Waals surface area contributed by atoms with Crippen molar-refractivity contribution in [2.75, 3.05) is 20.3 Å². The van der Waals surface area contributed by atoms with E-state index in [0.717, 1.165) is 0 Å². The molecule has 1 fully saturated rings. The van der Waals surface area contributed by atoms with Crippen molar-refractivity contribution in [3.05, 3.63) is 34.9 Å². The highest BCUT2D eigenvalue weighted by Gasteiger charge is 2.41. The van der Waals surface area contributed by atoms with E-state index >= 15 is 0 Å². The Balaban J connectivity index is 2.41. The number of methoxy groups -OCH3 is 1. The number of hydrogen-bond donors (Lipinski definition) is 1. The summed E-state index contributed by atoms with van der Waals surface area (Å²) in [7, 11) is 1.55. The number of ether oxygens (including phenoxy) is 1. The van der Waals surface area contributed by atoms with Gasteiger partial charge in [0.1, 0.15) is 0 Å². The monoisotopic (exact) mass is 311 g/mol. The van der Waals surface area contributed by atoms with Gasteiger partial charge in [0, 0.05) is 25.1 Å². The molecule has 1 heterocycles. The highest BCUT2D eigenvalue weighted by atomic mass is 35.5. The highest BCUT2D eigenvalue weighted by Crippen LogP contribution is 2.39. The molecule has 0 aromatic heterocycles. The summed E-state index contributed by atoms with van der Waals surface area (Å²) in [6.07, 6.45) is 0.565. The van der Waals surface area contributed by atoms with Crippen LogP contribution in [0.25, 0.3) is 0 Å². The number of carbonyl (C=O) groups excluding carboxylic acids is 1. The van der Waals surface area contributed by atoms with Gasteiger partial charge in [-0.25, -0.2) is 0 Å². The summed E-state index contributed by atoms with van der Waals surface area (Å²) in [5.74, 6) is -1.62. The van der Waals surface area contributed by atoms with Gasteiger partial charge < -0.3 is 14.7 Å². The van der Waals surface area contributed by atoms with E-state index in [9.17, 15) is 14.7 Å². The largest absolute Gasteiger partial charge is 0.481 e. The summed E-state index contributed by atoms with van der Waals surface area (Å²) >= 11 is 6.21. The number of rotatable bonds is 5. The van der Waals surface area contributed by atoms with Crippen LogP contribution in [-0.4, -0.2) is 42.1 Å². The Morgan fingerprint density at radius 3 is 2.81 bits per heavy atom. The van der Waals surface area contributed by atoms with Gasteiger partial charge in [0.15, 0.2) is 0 Å². The first-order valence-electron chi connectivity index (χ1n) is 6.82. The van der Waals surface area contributed by atoms with Gasteiger partial charge in [-0.2, -0.15) is 0 Å². The van der Waals surface area contributed by atoms with Crippen LogP contribution in [0.5, 0.6) is 0 Å². The molecule has 0 aliphatic carbocycles. The molecule has 0 radical (unpaired) electrons. The molecular weight excluding hydrogens is 294 g/mol. The molecule has 1 aliphatic heterocycles. The van der Waals surface area contributed by atoms with Gasteiger partial charge >= 0.3 is 5.97 Å². The van der Waals surface area contributed by atoms with Crippen LogP contribution in [0.2, 0.25) is 5.02 Å². The molecule has 1 N–H and O–H groups in total. The van der Waals surface area contributed by atoms with Crippen LogP contribution in [0, 0.1) is 5.92 Å². The van der Waals surface area contributed by atoms with Crippen molar-refractivity contribution in [3.8, 4) is 0 Å². The second-order valence-corrected chi connectivity index (χ2v) is 5.44. The number of hydrogen-bond acceptors (Lipinski definition) is 3. The standard InChI is InChI=1S/C15H18ClNO4/c1-21-9-8-17-13(18)7-6-11(15(19)20)14(17)10-4-2-3-5-12(10)16/h2-5,11,14H,6-9H2,1H3,(H,19,20)/t11-,14+/m0/s1. The first-order valence-corrected chi connectivity index (χ1v) is 7.19. The summed E-state index contributed by atoms with van der Waals surface area (Å²) in [5.41, 5.74) is 0.677. The van der Waals surface area contributed by atoms with Gasteiger partial charge in [0.25, 0.3) is 0 Å². The normalized spacial score (nSPS) is 22.4. The minimum absolute atomic E-state index is 0.0607. The Labute approximate surface area is 128 Å². The van der Waals surface area contributed by atoms with Crippen LogP contribution in [0.1, 0.15) is 24.4 Å². The van der Waals surface area contributed by atoms with Crippen molar-refractivity contribution < 1.29 is 19.4 Å². The zero-order valence-corrected chi connectivity index (χ0v) is 12.5. The van der Waals surface area contributed by atoms with Crippen LogP contribution in [0.3, 0.4) is 0 Å². The minimum Gasteiger partial charge on any atom is -0.481 e. The lowest BCUT2D eigenvalue weighted by Gasteiger charge is -2.40. The maximum Gasteiger partial charge on any atom is 0.308 e. The van der Waals surface area contributed by atoms with Crippen molar-refractivity contribution in [2.24, 2.45) is 5.92 Å². The molecule has 21 heavy (non-hydrogen) atoms. The van der Waals surface area contributed by atoms with E-state index in [1.165, 1.54) is 0 Å². The molecule has 1 aromatic carbocycles. The summed E-state index contributed by atoms with van der Waals surface area (Å²) in [4.78, 5) is 25.3. The quantitative estimate of drug-likeness (QED) is 0.906. The van der Waals surface area contributed by atoms with Gasteiger partial charge in [0.2, 0.25) is 5.91 Å². The van der Waals surface area contributed by atoms with Gasteiger partial charge in [-0.15, -0.1) is 0 Å². The molecule has 114 valence electrons. The van der Waals surface area contributed by atoms with Crippen LogP contribution in [0.15, 0.2) is 24.3 Å². The molecule has 1 amide bonds. The first-order chi connectivity index (χ1) is 10.1. The minimum atomic E-state index is -0.908. The van der Waals surface area contributed by atoms with Gasteiger partial charge in [-0.05, 0) is 18.1 Å². The van der Waals surface area contributed by atoms with E-state index in [1.807, 2.05) is 0 Å². The molecule has 0 unspecified atom stereocenters. The Morgan fingerprint density at radius 2 is 2.19 bits per heavy atom. The van der Waals surface area contributed by atoms with Crippen molar-refractivity contribution in [1.82, 2.24) is 4.90 Å². The topological polar surface area (TPSA) is 66.8 Å². The zero-order valence-electron chi connectivity index (χ0n) is 11.8. The summed E-state index contributed by atoms with van der Waals surface area (Å²) < 4.78 is 5.03. The second kappa shape index (κ2) is 6.91. The number of piperidine rings is 1. The zero-order chi connectivity index (χ0) is 15.4. The molecule has 1 saturated heterocycles. The molecular formula is C15H18ClNO4. The molecule has 6 heteroatoms. The molecule has 0 saturated carbocycles. The number of benzene rings is 1. The van der Waals surface area contributed by atoms with Crippen molar-refractivity contribution in [3.63, 3.8) is 0 Å². The van der Waals surface area contributed by atoms with Crippen LogP contribution < -0.4 is 0 Å². The fourth-order valence-corrected chi connectivity index (χ4v) is 3.01. The van der Waals surface area contributed by atoms with Crippen molar-refractivity contribution >= 4 is 23.5 Å². The number of halogens is 1. The predicted molar refractivity (Wildman–Crippen MR) is 78.1 cm³/mol. The van der Waals surface area contributed by atoms with E-state index in [4.69, 9.17) is 16.3 Å². The van der Waals surface area contributed by atoms with Crippen LogP contribution >= 0.6 is 11.6 Å². The smallest absolute Gasteiger partial charge is 0.308 e. The Morgan fingerprint density at radius 1 is 1.48 bits per heavy atom. The van der Waals surface area contributed by atoms with E-state index in [2.05, 4.69) is 0 Å². The molecule has 1 aromatic rings. The fraction of sp³-hybridized carbons (Fsp3) is 0.467. The average Bonchev–Trinajstić information content (AvgIpc) is 2.46. The molecule has 5 nitrogen and oxygen atoms in total. The lowest BCUT2D eigenvalue weighted by atomic mass is 9.84. The Hall–Kier alpha value is -1.59. The lowest BCUT2D eigenvalue weighted by molar-refractivity contribution is -0.152. The molecule has 1 aliphatic rings. The third-order valence-electron chi connectivity index (χ3n) is 3.78.